The van der Waals surface area contributed by atoms with Gasteiger partial charge in [-0.3, -0.25) is 30.0 Å². The van der Waals surface area contributed by atoms with Crippen molar-refractivity contribution in [3.05, 3.63) is 63.3 Å². The lowest BCUT2D eigenvalue weighted by Crippen LogP contribution is -2.48. The van der Waals surface area contributed by atoms with Crippen LogP contribution in [0.3, 0.4) is 0 Å². The number of H-pyrrole nitrogens is 1. The van der Waals surface area contributed by atoms with Crippen LogP contribution in [0.1, 0.15) is 53.6 Å². The second-order valence-corrected chi connectivity index (χ2v) is 7.98. The Kier molecular flexibility index (Phi) is 5.73. The molecule has 2 aromatic rings. The Hall–Kier alpha value is -3.49. The maximum absolute atomic E-state index is 13.6. The van der Waals surface area contributed by atoms with Gasteiger partial charge in [0, 0.05) is 17.7 Å². The predicted molar refractivity (Wildman–Crippen MR) is 106 cm³/mol. The number of para-hydroxylation sites is 1. The first-order valence-corrected chi connectivity index (χ1v) is 9.38. The molecule has 9 heteroatoms. The van der Waals surface area contributed by atoms with Gasteiger partial charge in [-0.2, -0.15) is 0 Å². The Balaban J connectivity index is 1.67. The summed E-state index contributed by atoms with van der Waals surface area (Å²) in [5.74, 6) is -2.54. The van der Waals surface area contributed by atoms with E-state index >= 15 is 0 Å². The second kappa shape index (κ2) is 8.10. The number of ketones is 1. The molecule has 1 atom stereocenters. The first kappa shape index (κ1) is 21.2. The number of rotatable bonds is 4. The van der Waals surface area contributed by atoms with Crippen molar-refractivity contribution < 1.29 is 23.5 Å². The fourth-order valence-electron chi connectivity index (χ4n) is 3.27. The van der Waals surface area contributed by atoms with Crippen LogP contribution < -0.4 is 21.1 Å². The molecule has 3 rings (SSSR count). The van der Waals surface area contributed by atoms with Crippen LogP contribution in [0.5, 0.6) is 5.75 Å². The quantitative estimate of drug-likeness (QED) is 0.660. The lowest BCUT2D eigenvalue weighted by atomic mass is 9.75. The first-order valence-electron chi connectivity index (χ1n) is 9.38. The minimum atomic E-state index is -1.12. The molecule has 1 heterocycles. The third-order valence-electron chi connectivity index (χ3n) is 4.77. The van der Waals surface area contributed by atoms with Gasteiger partial charge < -0.3 is 9.72 Å². The summed E-state index contributed by atoms with van der Waals surface area (Å²) in [4.78, 5) is 51.8. The zero-order valence-corrected chi connectivity index (χ0v) is 16.8. The molecule has 0 saturated heterocycles. The number of ether oxygens (including phenoxy) is 1. The number of carbonyl (C=O) groups is 3. The van der Waals surface area contributed by atoms with Gasteiger partial charge in [0.05, 0.1) is 0 Å². The fraction of sp³-hybridized carbons (Fsp3) is 0.333. The zero-order valence-electron chi connectivity index (χ0n) is 16.8. The van der Waals surface area contributed by atoms with E-state index in [9.17, 15) is 23.6 Å². The number of amides is 2. The SMILES string of the molecule is CC(Oc1ccccc1F)C(=O)NNC(=O)c1cc2c([nH]c1=O)CC(C)(C)CC2=O. The molecule has 1 aliphatic rings. The number of halogens is 1. The normalized spacial score (nSPS) is 15.7. The number of hydrazine groups is 1. The van der Waals surface area contributed by atoms with Gasteiger partial charge in [-0.15, -0.1) is 0 Å². The van der Waals surface area contributed by atoms with Crippen LogP contribution in [-0.4, -0.2) is 28.7 Å². The lowest BCUT2D eigenvalue weighted by Gasteiger charge is -2.29. The smallest absolute Gasteiger partial charge is 0.279 e. The van der Waals surface area contributed by atoms with Crippen LogP contribution in [-0.2, 0) is 11.2 Å². The maximum atomic E-state index is 13.6. The van der Waals surface area contributed by atoms with Crippen LogP contribution in [0.15, 0.2) is 35.1 Å². The van der Waals surface area contributed by atoms with Crippen LogP contribution in [0.2, 0.25) is 0 Å². The Bertz CT molecular complexity index is 1080. The topological polar surface area (TPSA) is 117 Å². The van der Waals surface area contributed by atoms with Gasteiger partial charge in [0.25, 0.3) is 17.4 Å². The number of hydrogen-bond donors (Lipinski definition) is 3. The number of Topliss-reactive ketones (excluding diaryl/α,β-unsaturated/α-hetero) is 1. The Morgan fingerprint density at radius 3 is 2.57 bits per heavy atom. The van der Waals surface area contributed by atoms with Crippen molar-refractivity contribution in [2.24, 2.45) is 5.41 Å². The van der Waals surface area contributed by atoms with Crippen LogP contribution in [0.25, 0.3) is 0 Å². The Morgan fingerprint density at radius 1 is 1.17 bits per heavy atom. The standard InChI is InChI=1S/C21H22FN3O5/c1-11(30-17-7-5-4-6-14(17)22)18(27)24-25-20(29)13-8-12-15(23-19(13)28)9-21(2,3)10-16(12)26/h4-8,11H,9-10H2,1-3H3,(H,23,28)(H,24,27)(H,25,29). The molecule has 30 heavy (non-hydrogen) atoms. The number of benzene rings is 1. The molecular weight excluding hydrogens is 393 g/mol. The highest BCUT2D eigenvalue weighted by atomic mass is 19.1. The fourth-order valence-corrected chi connectivity index (χ4v) is 3.27. The summed E-state index contributed by atoms with van der Waals surface area (Å²) in [7, 11) is 0. The highest BCUT2D eigenvalue weighted by Crippen LogP contribution is 2.33. The number of pyridine rings is 1. The van der Waals surface area contributed by atoms with Crippen molar-refractivity contribution in [1.29, 1.82) is 0 Å². The van der Waals surface area contributed by atoms with Gasteiger partial charge in [0.15, 0.2) is 23.5 Å². The van der Waals surface area contributed by atoms with Gasteiger partial charge in [-0.1, -0.05) is 26.0 Å². The van der Waals surface area contributed by atoms with Gasteiger partial charge in [0.1, 0.15) is 5.56 Å². The highest BCUT2D eigenvalue weighted by Gasteiger charge is 2.32. The first-order chi connectivity index (χ1) is 14.1. The number of nitrogens with one attached hydrogen (secondary N) is 3. The summed E-state index contributed by atoms with van der Waals surface area (Å²) in [6, 6.07) is 6.83. The van der Waals surface area contributed by atoms with Crippen LogP contribution in [0.4, 0.5) is 4.39 Å². The van der Waals surface area contributed by atoms with Crippen LogP contribution >= 0.6 is 0 Å². The molecule has 0 fully saturated rings. The highest BCUT2D eigenvalue weighted by molar-refractivity contribution is 6.02. The summed E-state index contributed by atoms with van der Waals surface area (Å²) in [6.07, 6.45) is -0.311. The van der Waals surface area contributed by atoms with E-state index in [1.165, 1.54) is 31.2 Å². The van der Waals surface area contributed by atoms with E-state index < -0.39 is 29.3 Å². The molecular formula is C21H22FN3O5. The molecule has 8 nitrogen and oxygen atoms in total. The second-order valence-electron chi connectivity index (χ2n) is 7.98. The van der Waals surface area contributed by atoms with Crippen LogP contribution in [0, 0.1) is 11.2 Å². The molecule has 0 aliphatic heterocycles. The Morgan fingerprint density at radius 2 is 1.87 bits per heavy atom. The van der Waals surface area contributed by atoms with Gasteiger partial charge in [-0.05, 0) is 37.0 Å². The minimum absolute atomic E-state index is 0.112. The summed E-state index contributed by atoms with van der Waals surface area (Å²) >= 11 is 0. The Labute approximate surface area is 171 Å². The van der Waals surface area contributed by atoms with Gasteiger partial charge in [0.2, 0.25) is 0 Å². The minimum Gasteiger partial charge on any atom is -0.478 e. The van der Waals surface area contributed by atoms with E-state index in [2.05, 4.69) is 15.8 Å². The van der Waals surface area contributed by atoms with E-state index in [1.54, 1.807) is 6.07 Å². The molecule has 0 saturated carbocycles. The third-order valence-corrected chi connectivity index (χ3v) is 4.77. The number of fused-ring (bicyclic) bond motifs is 1. The van der Waals surface area contributed by atoms with Gasteiger partial charge in [-0.25, -0.2) is 4.39 Å². The van der Waals surface area contributed by atoms with Crippen molar-refractivity contribution in [3.8, 4) is 5.75 Å². The molecule has 158 valence electrons. The molecule has 0 bridgehead atoms. The van der Waals surface area contributed by atoms with E-state index in [4.69, 9.17) is 4.74 Å². The zero-order chi connectivity index (χ0) is 22.1. The third kappa shape index (κ3) is 4.56. The van der Waals surface area contributed by atoms with Crippen molar-refractivity contribution in [2.75, 3.05) is 0 Å². The van der Waals surface area contributed by atoms with Crippen molar-refractivity contribution >= 4 is 17.6 Å². The molecule has 0 radical (unpaired) electrons. The van der Waals surface area contributed by atoms with Crippen molar-refractivity contribution in [2.45, 2.75) is 39.7 Å². The molecule has 1 aromatic heterocycles. The maximum Gasteiger partial charge on any atom is 0.279 e. The van der Waals surface area contributed by atoms with E-state index in [0.717, 1.165) is 0 Å². The molecule has 2 amide bonds. The van der Waals surface area contributed by atoms with E-state index in [-0.39, 0.29) is 22.5 Å². The van der Waals surface area contributed by atoms with E-state index in [0.29, 0.717) is 24.1 Å². The predicted octanol–water partition coefficient (Wildman–Crippen LogP) is 1.90. The van der Waals surface area contributed by atoms with E-state index in [1.807, 2.05) is 13.8 Å². The average molecular weight is 415 g/mol. The average Bonchev–Trinajstić information content (AvgIpc) is 2.66. The number of aromatic nitrogens is 1. The van der Waals surface area contributed by atoms with Gasteiger partial charge >= 0.3 is 0 Å². The number of hydrogen-bond acceptors (Lipinski definition) is 5. The lowest BCUT2D eigenvalue weighted by molar-refractivity contribution is -0.128. The largest absolute Gasteiger partial charge is 0.478 e. The monoisotopic (exact) mass is 415 g/mol. The van der Waals surface area contributed by atoms with Crippen molar-refractivity contribution in [1.82, 2.24) is 15.8 Å². The number of aromatic amines is 1. The van der Waals surface area contributed by atoms with Crippen molar-refractivity contribution in [3.63, 3.8) is 0 Å². The number of carbonyl (C=O) groups excluding carboxylic acids is 3. The summed E-state index contributed by atoms with van der Waals surface area (Å²) in [6.45, 7) is 5.22. The summed E-state index contributed by atoms with van der Waals surface area (Å²) < 4.78 is 18.8. The molecule has 1 aliphatic carbocycles. The summed E-state index contributed by atoms with van der Waals surface area (Å²) in [5, 5.41) is 0. The molecule has 1 unspecified atom stereocenters. The molecule has 1 aromatic carbocycles. The molecule has 0 spiro atoms. The summed E-state index contributed by atoms with van der Waals surface area (Å²) in [5.41, 5.74) is 3.79. The molecule has 3 N–H and O–H groups in total.